The van der Waals surface area contributed by atoms with E-state index in [1.165, 1.54) is 6.47 Å². The molecule has 0 amide bonds. The molecule has 1 rings (SSSR count). The van der Waals surface area contributed by atoms with Gasteiger partial charge >= 0.3 is 6.47 Å². The summed E-state index contributed by atoms with van der Waals surface area (Å²) < 4.78 is 9.53. The number of rotatable bonds is 5. The van der Waals surface area contributed by atoms with E-state index in [1.807, 2.05) is 30.3 Å². The minimum absolute atomic E-state index is 0.235. The van der Waals surface area contributed by atoms with Gasteiger partial charge < -0.3 is 9.47 Å². The first-order chi connectivity index (χ1) is 5.93. The predicted molar refractivity (Wildman–Crippen MR) is 43.6 cm³/mol. The molecule has 1 aromatic carbocycles. The third kappa shape index (κ3) is 3.05. The first-order valence-corrected chi connectivity index (χ1v) is 3.60. The van der Waals surface area contributed by atoms with Crippen LogP contribution < -0.4 is 4.74 Å². The van der Waals surface area contributed by atoms with Gasteiger partial charge in [0.1, 0.15) is 19.0 Å². The largest absolute Gasteiger partial charge is 0.490 e. The average Bonchev–Trinajstić information content (AvgIpc) is 2.14. The smallest absolute Gasteiger partial charge is 0.417 e. The van der Waals surface area contributed by atoms with Crippen LogP contribution in [0.2, 0.25) is 0 Å². The number of carbonyl (C=O) groups excluding carboxylic acids is 1. The maximum atomic E-state index is 9.61. The van der Waals surface area contributed by atoms with Crippen molar-refractivity contribution < 1.29 is 14.3 Å². The second-order valence-electron chi connectivity index (χ2n) is 2.09. The lowest BCUT2D eigenvalue weighted by Crippen LogP contribution is -2.05. The van der Waals surface area contributed by atoms with Crippen molar-refractivity contribution in [1.82, 2.24) is 0 Å². The van der Waals surface area contributed by atoms with Crippen LogP contribution in [-0.2, 0) is 9.53 Å². The summed E-state index contributed by atoms with van der Waals surface area (Å²) in [7, 11) is 0. The van der Waals surface area contributed by atoms with Gasteiger partial charge in [-0.25, -0.2) is 4.79 Å². The summed E-state index contributed by atoms with van der Waals surface area (Å²) in [5.41, 5.74) is 0. The maximum absolute atomic E-state index is 9.61. The van der Waals surface area contributed by atoms with Crippen LogP contribution in [0.15, 0.2) is 30.3 Å². The second-order valence-corrected chi connectivity index (χ2v) is 2.09. The van der Waals surface area contributed by atoms with Crippen LogP contribution in [0.3, 0.4) is 0 Å². The highest BCUT2D eigenvalue weighted by atomic mass is 16.5. The molecule has 0 aromatic heterocycles. The van der Waals surface area contributed by atoms with Gasteiger partial charge in [-0.3, -0.25) is 0 Å². The summed E-state index contributed by atoms with van der Waals surface area (Å²) in [4.78, 5) is 9.61. The normalized spacial score (nSPS) is 9.00. The van der Waals surface area contributed by atoms with Crippen molar-refractivity contribution in [2.24, 2.45) is 0 Å². The SMILES string of the molecule is O=[C]OCCOc1ccccc1. The fourth-order valence-corrected chi connectivity index (χ4v) is 0.760. The zero-order chi connectivity index (χ0) is 8.65. The lowest BCUT2D eigenvalue weighted by molar-refractivity contribution is 0.200. The monoisotopic (exact) mass is 165 g/mol. The number of benzene rings is 1. The van der Waals surface area contributed by atoms with Gasteiger partial charge in [0.2, 0.25) is 0 Å². The topological polar surface area (TPSA) is 35.5 Å². The van der Waals surface area contributed by atoms with Crippen LogP contribution in [0, 0.1) is 0 Å². The van der Waals surface area contributed by atoms with Crippen molar-refractivity contribution in [1.29, 1.82) is 0 Å². The molecule has 0 fully saturated rings. The maximum Gasteiger partial charge on any atom is 0.417 e. The van der Waals surface area contributed by atoms with Gasteiger partial charge in [-0.05, 0) is 12.1 Å². The summed E-state index contributed by atoms with van der Waals surface area (Å²) in [5.74, 6) is 0.770. The lowest BCUT2D eigenvalue weighted by Gasteiger charge is -2.03. The summed E-state index contributed by atoms with van der Waals surface area (Å²) in [6.45, 7) is 1.92. The van der Waals surface area contributed by atoms with Crippen molar-refractivity contribution in [2.75, 3.05) is 13.2 Å². The molecule has 0 aliphatic heterocycles. The summed E-state index contributed by atoms with van der Waals surface area (Å²) in [5, 5.41) is 0. The Morgan fingerprint density at radius 1 is 1.17 bits per heavy atom. The van der Waals surface area contributed by atoms with E-state index in [1.54, 1.807) is 0 Å². The molecule has 0 aliphatic carbocycles. The minimum Gasteiger partial charge on any atom is -0.490 e. The quantitative estimate of drug-likeness (QED) is 0.614. The third-order valence-electron chi connectivity index (χ3n) is 1.26. The van der Waals surface area contributed by atoms with Crippen LogP contribution >= 0.6 is 0 Å². The van der Waals surface area contributed by atoms with Crippen molar-refractivity contribution in [3.05, 3.63) is 30.3 Å². The molecule has 0 bridgehead atoms. The van der Waals surface area contributed by atoms with Crippen LogP contribution in [-0.4, -0.2) is 19.7 Å². The molecule has 1 radical (unpaired) electrons. The van der Waals surface area contributed by atoms with Gasteiger partial charge in [-0.2, -0.15) is 0 Å². The minimum atomic E-state index is 0.235. The molecular formula is C9H9O3. The van der Waals surface area contributed by atoms with Gasteiger partial charge in [0.05, 0.1) is 0 Å². The number of para-hydroxylation sites is 1. The van der Waals surface area contributed by atoms with Crippen molar-refractivity contribution >= 4 is 6.47 Å². The summed E-state index contributed by atoms with van der Waals surface area (Å²) in [6, 6.07) is 9.34. The fraction of sp³-hybridized carbons (Fsp3) is 0.222. The van der Waals surface area contributed by atoms with Crippen LogP contribution in [0.1, 0.15) is 0 Å². The molecule has 3 nitrogen and oxygen atoms in total. The van der Waals surface area contributed by atoms with Gasteiger partial charge in [0.15, 0.2) is 0 Å². The van der Waals surface area contributed by atoms with E-state index in [2.05, 4.69) is 4.74 Å². The summed E-state index contributed by atoms with van der Waals surface area (Å²) in [6.07, 6.45) is 0. The molecule has 3 heteroatoms. The number of hydrogen-bond acceptors (Lipinski definition) is 3. The predicted octanol–water partition coefficient (Wildman–Crippen LogP) is 1.15. The van der Waals surface area contributed by atoms with Crippen molar-refractivity contribution in [3.63, 3.8) is 0 Å². The van der Waals surface area contributed by atoms with Gasteiger partial charge in [-0.1, -0.05) is 18.2 Å². The third-order valence-corrected chi connectivity index (χ3v) is 1.26. The molecule has 0 aliphatic rings. The van der Waals surface area contributed by atoms with E-state index in [9.17, 15) is 4.79 Å². The van der Waals surface area contributed by atoms with Crippen molar-refractivity contribution in [2.45, 2.75) is 0 Å². The second kappa shape index (κ2) is 5.18. The molecule has 0 atom stereocenters. The van der Waals surface area contributed by atoms with E-state index in [4.69, 9.17) is 4.74 Å². The highest BCUT2D eigenvalue weighted by Crippen LogP contribution is 2.07. The van der Waals surface area contributed by atoms with E-state index < -0.39 is 0 Å². The Morgan fingerprint density at radius 2 is 1.92 bits per heavy atom. The van der Waals surface area contributed by atoms with E-state index >= 15 is 0 Å². The Balaban J connectivity index is 2.20. The average molecular weight is 165 g/mol. The Kier molecular flexibility index (Phi) is 3.71. The van der Waals surface area contributed by atoms with Crippen molar-refractivity contribution in [3.8, 4) is 5.75 Å². The molecule has 0 heterocycles. The molecule has 63 valence electrons. The number of hydrogen-bond donors (Lipinski definition) is 0. The Labute approximate surface area is 70.9 Å². The fourth-order valence-electron chi connectivity index (χ4n) is 0.760. The first-order valence-electron chi connectivity index (χ1n) is 3.60. The molecule has 0 N–H and O–H groups in total. The highest BCUT2D eigenvalue weighted by Gasteiger charge is 1.90. The van der Waals surface area contributed by atoms with E-state index in [0.717, 1.165) is 5.75 Å². The van der Waals surface area contributed by atoms with Crippen LogP contribution in [0.4, 0.5) is 0 Å². The van der Waals surface area contributed by atoms with Gasteiger partial charge in [-0.15, -0.1) is 0 Å². The molecule has 0 saturated heterocycles. The molecule has 0 saturated carbocycles. The Hall–Kier alpha value is -1.51. The van der Waals surface area contributed by atoms with Crippen LogP contribution in [0.25, 0.3) is 0 Å². The van der Waals surface area contributed by atoms with E-state index in [0.29, 0.717) is 6.61 Å². The highest BCUT2D eigenvalue weighted by molar-refractivity contribution is 5.38. The van der Waals surface area contributed by atoms with Gasteiger partial charge in [0.25, 0.3) is 0 Å². The molecule has 0 spiro atoms. The Bertz CT molecular complexity index is 220. The molecule has 12 heavy (non-hydrogen) atoms. The first kappa shape index (κ1) is 8.59. The summed E-state index contributed by atoms with van der Waals surface area (Å²) >= 11 is 0. The number of ether oxygens (including phenoxy) is 2. The lowest BCUT2D eigenvalue weighted by atomic mass is 10.3. The molecule has 0 unspecified atom stereocenters. The Morgan fingerprint density at radius 3 is 2.58 bits per heavy atom. The van der Waals surface area contributed by atoms with Gasteiger partial charge in [0, 0.05) is 0 Å². The zero-order valence-electron chi connectivity index (χ0n) is 6.53. The molecule has 1 aromatic rings. The molecular weight excluding hydrogens is 156 g/mol. The standard InChI is InChI=1S/C9H9O3/c10-8-11-6-7-12-9-4-2-1-3-5-9/h1-5H,6-7H2. The zero-order valence-corrected chi connectivity index (χ0v) is 6.53. The van der Waals surface area contributed by atoms with E-state index in [-0.39, 0.29) is 6.61 Å². The van der Waals surface area contributed by atoms with Crippen LogP contribution in [0.5, 0.6) is 5.75 Å².